The average molecular weight is 592 g/mol. The van der Waals surface area contributed by atoms with Gasteiger partial charge in [0.25, 0.3) is 0 Å². The van der Waals surface area contributed by atoms with E-state index >= 15 is 4.39 Å². The fraction of sp³-hybridized carbons (Fsp3) is 0.586. The van der Waals surface area contributed by atoms with Gasteiger partial charge in [0, 0.05) is 51.5 Å². The van der Waals surface area contributed by atoms with Crippen LogP contribution in [-0.4, -0.2) is 65.4 Å². The summed E-state index contributed by atoms with van der Waals surface area (Å²) in [6.45, 7) is 8.89. The highest BCUT2D eigenvalue weighted by Gasteiger charge is 2.64. The molecule has 42 heavy (non-hydrogen) atoms. The lowest BCUT2D eigenvalue weighted by atomic mass is 9.40. The third-order valence-corrected chi connectivity index (χ3v) is 9.76. The predicted octanol–water partition coefficient (Wildman–Crippen LogP) is 4.65. The number of benzene rings is 1. The highest BCUT2D eigenvalue weighted by molar-refractivity contribution is 5.81. The summed E-state index contributed by atoms with van der Waals surface area (Å²) in [5.41, 5.74) is -1.59. The van der Waals surface area contributed by atoms with Gasteiger partial charge in [0.15, 0.2) is 11.6 Å². The van der Waals surface area contributed by atoms with E-state index in [9.17, 15) is 22.8 Å². The number of amides is 2. The Kier molecular flexibility index (Phi) is 7.51. The Morgan fingerprint density at radius 1 is 1.07 bits per heavy atom. The number of hydrogen-bond acceptors (Lipinski definition) is 7. The molecule has 1 aromatic heterocycles. The summed E-state index contributed by atoms with van der Waals surface area (Å²) in [5.74, 6) is -1.13. The van der Waals surface area contributed by atoms with Crippen molar-refractivity contribution in [1.82, 2.24) is 20.2 Å². The van der Waals surface area contributed by atoms with Crippen molar-refractivity contribution in [1.29, 1.82) is 0 Å². The fourth-order valence-electron chi connectivity index (χ4n) is 7.21. The Bertz CT molecular complexity index is 1380. The number of halogens is 4. The summed E-state index contributed by atoms with van der Waals surface area (Å²) in [4.78, 5) is 35.9. The van der Waals surface area contributed by atoms with Gasteiger partial charge >= 0.3 is 6.18 Å². The number of aromatic nitrogens is 2. The Morgan fingerprint density at radius 3 is 2.36 bits per heavy atom. The van der Waals surface area contributed by atoms with Gasteiger partial charge in [-0.05, 0) is 55.2 Å². The van der Waals surface area contributed by atoms with Crippen LogP contribution in [0.15, 0.2) is 24.4 Å². The average Bonchev–Trinajstić information content (AvgIpc) is 2.93. The number of carbonyl (C=O) groups is 2. The van der Waals surface area contributed by atoms with E-state index in [1.807, 2.05) is 6.92 Å². The van der Waals surface area contributed by atoms with Gasteiger partial charge in [-0.3, -0.25) is 9.59 Å². The summed E-state index contributed by atoms with van der Waals surface area (Å²) in [6.07, 6.45) is -2.13. The molecule has 3 aliphatic carbocycles. The first kappa shape index (κ1) is 29.8. The summed E-state index contributed by atoms with van der Waals surface area (Å²) < 4.78 is 57.5. The molecule has 13 heteroatoms. The number of fused-ring (bicyclic) bond motifs is 2. The van der Waals surface area contributed by atoms with Crippen LogP contribution in [-0.2, 0) is 15.8 Å². The van der Waals surface area contributed by atoms with Crippen molar-refractivity contribution >= 4 is 35.0 Å². The molecule has 1 aliphatic heterocycles. The number of carbonyl (C=O) groups excluding carboxylic acids is 2. The molecular formula is C29H37F4N7O2. The van der Waals surface area contributed by atoms with Gasteiger partial charge in [0.2, 0.25) is 17.8 Å². The van der Waals surface area contributed by atoms with E-state index < -0.39 is 29.0 Å². The van der Waals surface area contributed by atoms with E-state index in [4.69, 9.17) is 0 Å². The van der Waals surface area contributed by atoms with E-state index in [-0.39, 0.29) is 59.4 Å². The van der Waals surface area contributed by atoms with Crippen molar-refractivity contribution in [2.24, 2.45) is 23.2 Å². The maximum atomic E-state index is 15.0. The third kappa shape index (κ3) is 5.22. The lowest BCUT2D eigenvalue weighted by molar-refractivity contribution is -0.155. The van der Waals surface area contributed by atoms with E-state index in [0.29, 0.717) is 25.4 Å². The number of piperazine rings is 1. The molecule has 6 rings (SSSR count). The van der Waals surface area contributed by atoms with Crippen LogP contribution in [0.2, 0.25) is 0 Å². The molecule has 2 bridgehead atoms. The maximum Gasteiger partial charge on any atom is 0.418 e. The van der Waals surface area contributed by atoms with Crippen molar-refractivity contribution < 1.29 is 27.2 Å². The van der Waals surface area contributed by atoms with Crippen molar-refractivity contribution in [3.05, 3.63) is 35.8 Å². The van der Waals surface area contributed by atoms with Crippen molar-refractivity contribution in [2.75, 3.05) is 48.8 Å². The second-order valence-corrected chi connectivity index (χ2v) is 12.4. The summed E-state index contributed by atoms with van der Waals surface area (Å²) in [7, 11) is 1.58. The Labute approximate surface area is 242 Å². The van der Waals surface area contributed by atoms with Gasteiger partial charge in [-0.2, -0.15) is 18.2 Å². The molecule has 4 atom stereocenters. The van der Waals surface area contributed by atoms with E-state index in [1.165, 1.54) is 19.1 Å². The molecule has 4 fully saturated rings. The van der Waals surface area contributed by atoms with Crippen LogP contribution in [0, 0.1) is 29.0 Å². The zero-order valence-corrected chi connectivity index (χ0v) is 24.4. The third-order valence-electron chi connectivity index (χ3n) is 9.76. The molecule has 2 amide bonds. The molecule has 4 aliphatic rings. The molecule has 9 nitrogen and oxygen atoms in total. The molecule has 3 saturated carbocycles. The molecule has 0 radical (unpaired) electrons. The standard InChI is InChI=1S/C29H37F4N7O2/c1-16(41)39-8-10-40(11-9-39)22-7-6-18(14-19(22)29(31,32)33)36-26-35-15-21(30)24(37-26)38-28(4)20(25(42)34-5)12-17-13-23(28)27(17,2)3/h6-7,14-15,17,20,23H,8-13H2,1-5H3,(H,34,42)(H2,35,36,37,38)/t17-,20-,23-,28+/m1/s1. The van der Waals surface area contributed by atoms with Gasteiger partial charge in [0.05, 0.1) is 23.2 Å². The zero-order chi connectivity index (χ0) is 30.6. The SMILES string of the molecule is CNC(=O)[C@H]1C[C@@H]2C[C@H](C2(C)C)[C@@]1(C)Nc1nc(Nc2ccc(N3CCN(C(C)=O)CC3)c(C(F)(F)F)c2)ncc1F. The molecule has 3 N–H and O–H groups in total. The van der Waals surface area contributed by atoms with Crippen molar-refractivity contribution in [3.63, 3.8) is 0 Å². The summed E-state index contributed by atoms with van der Waals surface area (Å²) in [5, 5.41) is 8.73. The molecule has 0 unspecified atom stereocenters. The van der Waals surface area contributed by atoms with E-state index in [0.717, 1.165) is 18.7 Å². The molecular weight excluding hydrogens is 554 g/mol. The van der Waals surface area contributed by atoms with E-state index in [1.54, 1.807) is 16.8 Å². The number of hydrogen-bond donors (Lipinski definition) is 3. The molecule has 0 spiro atoms. The first-order chi connectivity index (χ1) is 19.6. The first-order valence-corrected chi connectivity index (χ1v) is 14.2. The molecule has 228 valence electrons. The Balaban J connectivity index is 1.40. The van der Waals surface area contributed by atoms with Crippen molar-refractivity contribution in [2.45, 2.75) is 52.3 Å². The van der Waals surface area contributed by atoms with Gasteiger partial charge in [0.1, 0.15) is 0 Å². The van der Waals surface area contributed by atoms with Crippen LogP contribution in [0.4, 0.5) is 40.7 Å². The van der Waals surface area contributed by atoms with Gasteiger partial charge in [-0.1, -0.05) is 13.8 Å². The number of anilines is 4. The minimum atomic E-state index is -4.64. The number of nitrogens with one attached hydrogen (secondary N) is 3. The topological polar surface area (TPSA) is 102 Å². The molecule has 2 heterocycles. The van der Waals surface area contributed by atoms with Crippen LogP contribution < -0.4 is 20.9 Å². The quantitative estimate of drug-likeness (QED) is 0.421. The normalized spacial score (nSPS) is 26.7. The minimum Gasteiger partial charge on any atom is -0.367 e. The van der Waals surface area contributed by atoms with Gasteiger partial charge < -0.3 is 25.8 Å². The number of rotatable bonds is 6. The highest BCUT2D eigenvalue weighted by Crippen LogP contribution is 2.65. The molecule has 1 saturated heterocycles. The summed E-state index contributed by atoms with van der Waals surface area (Å²) in [6, 6.07) is 3.85. The number of nitrogens with zero attached hydrogens (tertiary/aromatic N) is 4. The Hall–Kier alpha value is -3.64. The maximum absolute atomic E-state index is 15.0. The molecule has 2 aromatic rings. The number of alkyl halides is 3. The van der Waals surface area contributed by atoms with Gasteiger partial charge in [-0.15, -0.1) is 0 Å². The van der Waals surface area contributed by atoms with Crippen LogP contribution in [0.25, 0.3) is 0 Å². The molecule has 1 aromatic carbocycles. The zero-order valence-electron chi connectivity index (χ0n) is 24.4. The van der Waals surface area contributed by atoms with Crippen LogP contribution in [0.1, 0.15) is 46.1 Å². The van der Waals surface area contributed by atoms with Crippen LogP contribution in [0.3, 0.4) is 0 Å². The Morgan fingerprint density at radius 2 is 1.76 bits per heavy atom. The van der Waals surface area contributed by atoms with E-state index in [2.05, 4.69) is 39.8 Å². The van der Waals surface area contributed by atoms with Crippen LogP contribution in [0.5, 0.6) is 0 Å². The first-order valence-electron chi connectivity index (χ1n) is 14.2. The monoisotopic (exact) mass is 591 g/mol. The second kappa shape index (κ2) is 10.6. The minimum absolute atomic E-state index is 0.0190. The smallest absolute Gasteiger partial charge is 0.367 e. The second-order valence-electron chi connectivity index (χ2n) is 12.4. The van der Waals surface area contributed by atoms with Crippen molar-refractivity contribution in [3.8, 4) is 0 Å². The van der Waals surface area contributed by atoms with Crippen LogP contribution >= 0.6 is 0 Å². The largest absolute Gasteiger partial charge is 0.418 e. The predicted molar refractivity (Wildman–Crippen MR) is 151 cm³/mol. The highest BCUT2D eigenvalue weighted by atomic mass is 19.4. The van der Waals surface area contributed by atoms with Gasteiger partial charge in [-0.25, -0.2) is 9.37 Å². The lowest BCUT2D eigenvalue weighted by Gasteiger charge is -2.66. The lowest BCUT2D eigenvalue weighted by Crippen LogP contribution is -2.69. The fourth-order valence-corrected chi connectivity index (χ4v) is 7.21. The summed E-state index contributed by atoms with van der Waals surface area (Å²) >= 11 is 0.